The van der Waals surface area contributed by atoms with E-state index in [9.17, 15) is 4.79 Å². The molecule has 15 heavy (non-hydrogen) atoms. The Labute approximate surface area is 87.5 Å². The zero-order valence-corrected chi connectivity index (χ0v) is 8.94. The first kappa shape index (κ1) is 9.71. The number of methoxy groups -OCH3 is 1. The molecule has 0 amide bonds. The molecule has 0 radical (unpaired) electrons. The molecular weight excluding hydrogens is 192 g/mol. The third-order valence-corrected chi connectivity index (χ3v) is 2.38. The molecule has 0 N–H and O–H groups in total. The lowest BCUT2D eigenvalue weighted by Gasteiger charge is -1.98. The molecule has 0 bridgehead atoms. The number of fused-ring (bicyclic) bond motifs is 1. The van der Waals surface area contributed by atoms with E-state index in [2.05, 4.69) is 9.72 Å². The van der Waals surface area contributed by atoms with Gasteiger partial charge in [-0.15, -0.1) is 0 Å². The van der Waals surface area contributed by atoms with Gasteiger partial charge in [-0.05, 0) is 25.5 Å². The summed E-state index contributed by atoms with van der Waals surface area (Å²) in [6.07, 6.45) is 1.95. The number of carbonyl (C=O) groups excluding carboxylic acids is 1. The van der Waals surface area contributed by atoms with Crippen LogP contribution in [-0.4, -0.2) is 22.5 Å². The van der Waals surface area contributed by atoms with Gasteiger partial charge in [-0.25, -0.2) is 9.78 Å². The maximum absolute atomic E-state index is 11.4. The number of esters is 1. The molecular formula is C11H12N2O2. The topological polar surface area (TPSA) is 43.6 Å². The zero-order valence-electron chi connectivity index (χ0n) is 8.94. The highest BCUT2D eigenvalue weighted by atomic mass is 16.5. The van der Waals surface area contributed by atoms with Gasteiger partial charge in [0.15, 0.2) is 5.69 Å². The van der Waals surface area contributed by atoms with Crippen LogP contribution in [0.4, 0.5) is 0 Å². The first-order chi connectivity index (χ1) is 7.13. The molecule has 78 valence electrons. The summed E-state index contributed by atoms with van der Waals surface area (Å²) < 4.78 is 6.55. The van der Waals surface area contributed by atoms with Gasteiger partial charge in [-0.2, -0.15) is 0 Å². The Morgan fingerprint density at radius 2 is 2.13 bits per heavy atom. The van der Waals surface area contributed by atoms with E-state index in [4.69, 9.17) is 0 Å². The van der Waals surface area contributed by atoms with Crippen molar-refractivity contribution < 1.29 is 9.53 Å². The molecule has 0 unspecified atom stereocenters. The van der Waals surface area contributed by atoms with Crippen molar-refractivity contribution in [1.29, 1.82) is 0 Å². The quantitative estimate of drug-likeness (QED) is 0.664. The van der Waals surface area contributed by atoms with Crippen LogP contribution < -0.4 is 0 Å². The van der Waals surface area contributed by atoms with E-state index < -0.39 is 5.97 Å². The number of hydrogen-bond donors (Lipinski definition) is 0. The summed E-state index contributed by atoms with van der Waals surface area (Å²) >= 11 is 0. The van der Waals surface area contributed by atoms with Crippen LogP contribution in [-0.2, 0) is 4.74 Å². The minimum atomic E-state index is -0.395. The standard InChI is InChI=1S/C11H12N2O2/c1-7-4-5-9-12-10(11(14)15-3)8(2)13(9)6-7/h4-6H,1-3H3. The highest BCUT2D eigenvalue weighted by Crippen LogP contribution is 2.13. The van der Waals surface area contributed by atoms with Crippen molar-refractivity contribution in [2.75, 3.05) is 7.11 Å². The number of aromatic nitrogens is 2. The Hall–Kier alpha value is -1.84. The van der Waals surface area contributed by atoms with Crippen molar-refractivity contribution >= 4 is 11.6 Å². The summed E-state index contributed by atoms with van der Waals surface area (Å²) in [7, 11) is 1.36. The Bertz CT molecular complexity index is 529. The maximum Gasteiger partial charge on any atom is 0.358 e. The molecule has 0 aliphatic heterocycles. The van der Waals surface area contributed by atoms with Crippen LogP contribution in [0.5, 0.6) is 0 Å². The van der Waals surface area contributed by atoms with Crippen LogP contribution in [0, 0.1) is 13.8 Å². The number of carbonyl (C=O) groups is 1. The van der Waals surface area contributed by atoms with E-state index in [0.29, 0.717) is 5.69 Å². The number of nitrogens with zero attached hydrogens (tertiary/aromatic N) is 2. The van der Waals surface area contributed by atoms with Gasteiger partial charge in [0.1, 0.15) is 5.65 Å². The fourth-order valence-electron chi connectivity index (χ4n) is 1.56. The lowest BCUT2D eigenvalue weighted by atomic mass is 10.3. The number of imidazole rings is 1. The molecule has 4 nitrogen and oxygen atoms in total. The van der Waals surface area contributed by atoms with E-state index in [1.54, 1.807) is 0 Å². The first-order valence-electron chi connectivity index (χ1n) is 4.67. The number of pyridine rings is 1. The molecule has 2 aromatic heterocycles. The van der Waals surface area contributed by atoms with Crippen molar-refractivity contribution in [1.82, 2.24) is 9.38 Å². The second-order valence-corrected chi connectivity index (χ2v) is 3.47. The van der Waals surface area contributed by atoms with Crippen LogP contribution >= 0.6 is 0 Å². The molecule has 0 atom stereocenters. The highest BCUT2D eigenvalue weighted by molar-refractivity contribution is 5.89. The van der Waals surface area contributed by atoms with Crippen LogP contribution in [0.25, 0.3) is 5.65 Å². The SMILES string of the molecule is COC(=O)c1nc2ccc(C)cn2c1C. The molecule has 0 fully saturated rings. The summed E-state index contributed by atoms with van der Waals surface area (Å²) in [5, 5.41) is 0. The zero-order chi connectivity index (χ0) is 11.0. The Balaban J connectivity index is 2.69. The largest absolute Gasteiger partial charge is 0.464 e. The molecule has 0 aliphatic carbocycles. The summed E-state index contributed by atoms with van der Waals surface area (Å²) in [5.74, 6) is -0.395. The van der Waals surface area contributed by atoms with Crippen LogP contribution in [0.1, 0.15) is 21.7 Å². The molecule has 0 aromatic carbocycles. The van der Waals surface area contributed by atoms with Crippen molar-refractivity contribution in [2.24, 2.45) is 0 Å². The lowest BCUT2D eigenvalue weighted by Crippen LogP contribution is -2.03. The van der Waals surface area contributed by atoms with Gasteiger partial charge in [0.2, 0.25) is 0 Å². The molecule has 0 saturated heterocycles. The van der Waals surface area contributed by atoms with Crippen molar-refractivity contribution in [3.05, 3.63) is 35.3 Å². The summed E-state index contributed by atoms with van der Waals surface area (Å²) in [4.78, 5) is 15.6. The smallest absolute Gasteiger partial charge is 0.358 e. The van der Waals surface area contributed by atoms with Gasteiger partial charge in [-0.1, -0.05) is 6.07 Å². The molecule has 2 aromatic rings. The molecule has 2 heterocycles. The summed E-state index contributed by atoms with van der Waals surface area (Å²) in [6.45, 7) is 3.85. The normalized spacial score (nSPS) is 10.6. The van der Waals surface area contributed by atoms with E-state index in [0.717, 1.165) is 16.9 Å². The van der Waals surface area contributed by atoms with Crippen LogP contribution in [0.3, 0.4) is 0 Å². The molecule has 0 aliphatic rings. The third kappa shape index (κ3) is 1.48. The molecule has 0 saturated carbocycles. The Morgan fingerprint density at radius 3 is 2.80 bits per heavy atom. The second kappa shape index (κ2) is 3.38. The van der Waals surface area contributed by atoms with Crippen molar-refractivity contribution in [3.8, 4) is 0 Å². The predicted molar refractivity (Wildman–Crippen MR) is 56.0 cm³/mol. The van der Waals surface area contributed by atoms with Crippen molar-refractivity contribution in [2.45, 2.75) is 13.8 Å². The molecule has 0 spiro atoms. The first-order valence-corrected chi connectivity index (χ1v) is 4.67. The number of ether oxygens (including phenoxy) is 1. The van der Waals surface area contributed by atoms with E-state index >= 15 is 0 Å². The lowest BCUT2D eigenvalue weighted by molar-refractivity contribution is 0.0594. The highest BCUT2D eigenvalue weighted by Gasteiger charge is 2.15. The number of aryl methyl sites for hydroxylation is 2. The average molecular weight is 204 g/mol. The van der Waals surface area contributed by atoms with Gasteiger partial charge in [0, 0.05) is 6.20 Å². The molecule has 2 rings (SSSR count). The summed E-state index contributed by atoms with van der Waals surface area (Å²) in [6, 6.07) is 3.84. The minimum Gasteiger partial charge on any atom is -0.464 e. The number of hydrogen-bond acceptors (Lipinski definition) is 3. The van der Waals surface area contributed by atoms with Gasteiger partial charge < -0.3 is 9.14 Å². The Morgan fingerprint density at radius 1 is 1.40 bits per heavy atom. The summed E-state index contributed by atoms with van der Waals surface area (Å²) in [5.41, 5.74) is 3.07. The van der Waals surface area contributed by atoms with E-state index in [1.165, 1.54) is 7.11 Å². The second-order valence-electron chi connectivity index (χ2n) is 3.47. The Kier molecular flexibility index (Phi) is 2.19. The van der Waals surface area contributed by atoms with Gasteiger partial charge in [0.25, 0.3) is 0 Å². The van der Waals surface area contributed by atoms with E-state index in [1.807, 2.05) is 36.6 Å². The van der Waals surface area contributed by atoms with Gasteiger partial charge >= 0.3 is 5.97 Å². The van der Waals surface area contributed by atoms with E-state index in [-0.39, 0.29) is 0 Å². The number of rotatable bonds is 1. The van der Waals surface area contributed by atoms with Gasteiger partial charge in [0.05, 0.1) is 12.8 Å². The van der Waals surface area contributed by atoms with Crippen molar-refractivity contribution in [3.63, 3.8) is 0 Å². The average Bonchev–Trinajstić information content (AvgIpc) is 2.55. The minimum absolute atomic E-state index is 0.378. The predicted octanol–water partition coefficient (Wildman–Crippen LogP) is 1.74. The monoisotopic (exact) mass is 204 g/mol. The molecule has 4 heteroatoms. The maximum atomic E-state index is 11.4. The fraction of sp³-hybridized carbons (Fsp3) is 0.273. The fourth-order valence-corrected chi connectivity index (χ4v) is 1.56. The van der Waals surface area contributed by atoms with Crippen LogP contribution in [0.2, 0.25) is 0 Å². The van der Waals surface area contributed by atoms with Crippen LogP contribution in [0.15, 0.2) is 18.3 Å². The third-order valence-electron chi connectivity index (χ3n) is 2.38. The van der Waals surface area contributed by atoms with Gasteiger partial charge in [-0.3, -0.25) is 0 Å².